The molecule has 0 atom stereocenters. The second kappa shape index (κ2) is 9.81. The van der Waals surface area contributed by atoms with E-state index in [9.17, 15) is 0 Å². The van der Waals surface area contributed by atoms with E-state index in [1.165, 1.54) is 43.1 Å². The molecule has 0 bridgehead atoms. The normalized spacial score (nSPS) is 15.8. The minimum atomic E-state index is 0. The van der Waals surface area contributed by atoms with Crippen molar-refractivity contribution in [3.05, 3.63) is 42.1 Å². The van der Waals surface area contributed by atoms with Crippen LogP contribution < -0.4 is 10.6 Å². The van der Waals surface area contributed by atoms with Gasteiger partial charge in [-0.1, -0.05) is 43.5 Å². The first-order valence-corrected chi connectivity index (χ1v) is 8.74. The molecule has 2 N–H and O–H groups in total. The zero-order valence-corrected chi connectivity index (χ0v) is 16.6. The Morgan fingerprint density at radius 3 is 2.75 bits per heavy atom. The molecule has 1 heterocycles. The number of hydrogen-bond acceptors (Lipinski definition) is 2. The van der Waals surface area contributed by atoms with Crippen LogP contribution >= 0.6 is 24.0 Å². The number of benzene rings is 1. The second-order valence-electron chi connectivity index (χ2n) is 6.17. The number of para-hydroxylation sites is 1. The van der Waals surface area contributed by atoms with Crippen molar-refractivity contribution in [1.82, 2.24) is 15.6 Å². The third kappa shape index (κ3) is 5.06. The van der Waals surface area contributed by atoms with Gasteiger partial charge in [0.05, 0.1) is 12.1 Å². The van der Waals surface area contributed by atoms with Gasteiger partial charge in [-0.3, -0.25) is 4.98 Å². The highest BCUT2D eigenvalue weighted by atomic mass is 127. The fraction of sp³-hybridized carbons (Fsp3) is 0.474. The van der Waals surface area contributed by atoms with E-state index in [4.69, 9.17) is 4.99 Å². The maximum atomic E-state index is 4.78. The molecular weight excluding hydrogens is 411 g/mol. The standard InChI is InChI=1S/C19H26N4.HI/c1-2-20-19(23-17-11-4-3-5-12-17)22-14-16-9-6-8-15-10-7-13-21-18(15)16;/h6-10,13,17H,2-5,11-12,14H2,1H3,(H2,20,22,23);1H. The van der Waals surface area contributed by atoms with Gasteiger partial charge in [0.1, 0.15) is 0 Å². The highest BCUT2D eigenvalue weighted by Crippen LogP contribution is 2.18. The van der Waals surface area contributed by atoms with Crippen molar-refractivity contribution in [2.24, 2.45) is 4.99 Å². The van der Waals surface area contributed by atoms with Gasteiger partial charge in [0.25, 0.3) is 0 Å². The van der Waals surface area contributed by atoms with Crippen LogP contribution in [-0.2, 0) is 6.54 Å². The molecule has 0 saturated heterocycles. The van der Waals surface area contributed by atoms with E-state index in [1.54, 1.807) is 0 Å². The fourth-order valence-electron chi connectivity index (χ4n) is 3.22. The van der Waals surface area contributed by atoms with E-state index >= 15 is 0 Å². The molecule has 0 unspecified atom stereocenters. The average molecular weight is 438 g/mol. The van der Waals surface area contributed by atoms with Crippen molar-refractivity contribution in [2.75, 3.05) is 6.54 Å². The van der Waals surface area contributed by atoms with Crippen LogP contribution in [0.2, 0.25) is 0 Å². The Morgan fingerprint density at radius 2 is 1.96 bits per heavy atom. The van der Waals surface area contributed by atoms with Crippen molar-refractivity contribution in [3.8, 4) is 0 Å². The highest BCUT2D eigenvalue weighted by Gasteiger charge is 2.14. The quantitative estimate of drug-likeness (QED) is 0.427. The van der Waals surface area contributed by atoms with Gasteiger partial charge in [0, 0.05) is 24.2 Å². The Labute approximate surface area is 161 Å². The minimum absolute atomic E-state index is 0. The predicted molar refractivity (Wildman–Crippen MR) is 112 cm³/mol. The molecule has 2 aromatic rings. The van der Waals surface area contributed by atoms with Crippen molar-refractivity contribution >= 4 is 40.8 Å². The number of rotatable bonds is 4. The molecule has 1 aromatic carbocycles. The monoisotopic (exact) mass is 438 g/mol. The van der Waals surface area contributed by atoms with Crippen LogP contribution in [0.25, 0.3) is 10.9 Å². The minimum Gasteiger partial charge on any atom is -0.357 e. The highest BCUT2D eigenvalue weighted by molar-refractivity contribution is 14.0. The number of hydrogen-bond donors (Lipinski definition) is 2. The lowest BCUT2D eigenvalue weighted by molar-refractivity contribution is 0.410. The molecule has 0 aliphatic heterocycles. The molecule has 1 saturated carbocycles. The van der Waals surface area contributed by atoms with E-state index in [-0.39, 0.29) is 24.0 Å². The zero-order chi connectivity index (χ0) is 15.9. The third-order valence-corrected chi connectivity index (χ3v) is 4.41. The summed E-state index contributed by atoms with van der Waals surface area (Å²) in [6, 6.07) is 10.9. The molecule has 1 aliphatic rings. The number of nitrogens with one attached hydrogen (secondary N) is 2. The summed E-state index contributed by atoms with van der Waals surface area (Å²) in [7, 11) is 0. The Hall–Kier alpha value is -1.37. The largest absolute Gasteiger partial charge is 0.357 e. The summed E-state index contributed by atoms with van der Waals surface area (Å²) >= 11 is 0. The van der Waals surface area contributed by atoms with E-state index in [0.717, 1.165) is 18.0 Å². The summed E-state index contributed by atoms with van der Waals surface area (Å²) in [5.41, 5.74) is 2.22. The number of guanidine groups is 1. The first-order chi connectivity index (χ1) is 11.4. The van der Waals surface area contributed by atoms with Gasteiger partial charge in [-0.15, -0.1) is 24.0 Å². The fourth-order valence-corrected chi connectivity index (χ4v) is 3.22. The number of fused-ring (bicyclic) bond motifs is 1. The van der Waals surface area contributed by atoms with Gasteiger partial charge in [-0.05, 0) is 31.4 Å². The first-order valence-electron chi connectivity index (χ1n) is 8.74. The molecule has 0 radical (unpaired) electrons. The van der Waals surface area contributed by atoms with Crippen LogP contribution in [0.5, 0.6) is 0 Å². The summed E-state index contributed by atoms with van der Waals surface area (Å²) in [6.45, 7) is 3.64. The maximum absolute atomic E-state index is 4.78. The summed E-state index contributed by atoms with van der Waals surface area (Å²) < 4.78 is 0. The van der Waals surface area contributed by atoms with Crippen LogP contribution in [0.4, 0.5) is 0 Å². The summed E-state index contributed by atoms with van der Waals surface area (Å²) in [5, 5.41) is 8.13. The van der Waals surface area contributed by atoms with E-state index in [2.05, 4.69) is 46.8 Å². The lowest BCUT2D eigenvalue weighted by atomic mass is 9.96. The van der Waals surface area contributed by atoms with Gasteiger partial charge >= 0.3 is 0 Å². The Kier molecular flexibility index (Phi) is 7.75. The smallest absolute Gasteiger partial charge is 0.191 e. The van der Waals surface area contributed by atoms with Crippen LogP contribution in [0.15, 0.2) is 41.5 Å². The van der Waals surface area contributed by atoms with Crippen molar-refractivity contribution < 1.29 is 0 Å². The zero-order valence-electron chi connectivity index (χ0n) is 14.3. The molecule has 0 spiro atoms. The van der Waals surface area contributed by atoms with Crippen LogP contribution in [0.3, 0.4) is 0 Å². The number of nitrogens with zero attached hydrogens (tertiary/aromatic N) is 2. The predicted octanol–water partition coefficient (Wildman–Crippen LogP) is 4.24. The van der Waals surface area contributed by atoms with Crippen LogP contribution in [0.1, 0.15) is 44.6 Å². The lowest BCUT2D eigenvalue weighted by Gasteiger charge is -2.24. The first kappa shape index (κ1) is 19.0. The average Bonchev–Trinajstić information content (AvgIpc) is 2.61. The number of aliphatic imine (C=N–C) groups is 1. The van der Waals surface area contributed by atoms with E-state index in [0.29, 0.717) is 12.6 Å². The van der Waals surface area contributed by atoms with Crippen LogP contribution in [0, 0.1) is 0 Å². The summed E-state index contributed by atoms with van der Waals surface area (Å²) in [5.74, 6) is 0.923. The molecule has 1 aliphatic carbocycles. The molecule has 1 aromatic heterocycles. The Bertz CT molecular complexity index is 660. The van der Waals surface area contributed by atoms with Crippen molar-refractivity contribution in [3.63, 3.8) is 0 Å². The molecule has 4 nitrogen and oxygen atoms in total. The SMILES string of the molecule is CCNC(=NCc1cccc2cccnc12)NC1CCCCC1.I. The second-order valence-corrected chi connectivity index (χ2v) is 6.17. The lowest BCUT2D eigenvalue weighted by Crippen LogP contribution is -2.44. The molecule has 24 heavy (non-hydrogen) atoms. The topological polar surface area (TPSA) is 49.3 Å². The maximum Gasteiger partial charge on any atom is 0.191 e. The summed E-state index contributed by atoms with van der Waals surface area (Å²) in [4.78, 5) is 9.29. The number of pyridine rings is 1. The van der Waals surface area contributed by atoms with Crippen LogP contribution in [-0.4, -0.2) is 23.5 Å². The van der Waals surface area contributed by atoms with Gasteiger partial charge in [0.15, 0.2) is 5.96 Å². The third-order valence-electron chi connectivity index (χ3n) is 4.41. The van der Waals surface area contributed by atoms with Crippen molar-refractivity contribution in [2.45, 2.75) is 51.6 Å². The molecule has 130 valence electrons. The Morgan fingerprint density at radius 1 is 1.17 bits per heavy atom. The van der Waals surface area contributed by atoms with Gasteiger partial charge < -0.3 is 10.6 Å². The molecule has 0 amide bonds. The van der Waals surface area contributed by atoms with E-state index < -0.39 is 0 Å². The van der Waals surface area contributed by atoms with Gasteiger partial charge in [-0.25, -0.2) is 4.99 Å². The molecular formula is C19H27IN4. The number of halogens is 1. The molecule has 3 rings (SSSR count). The van der Waals surface area contributed by atoms with Gasteiger partial charge in [0.2, 0.25) is 0 Å². The van der Waals surface area contributed by atoms with E-state index in [1.807, 2.05) is 12.3 Å². The molecule has 1 fully saturated rings. The Balaban J connectivity index is 0.00000208. The summed E-state index contributed by atoms with van der Waals surface area (Å²) in [6.07, 6.45) is 8.36. The van der Waals surface area contributed by atoms with Crippen molar-refractivity contribution in [1.29, 1.82) is 0 Å². The van der Waals surface area contributed by atoms with Gasteiger partial charge in [-0.2, -0.15) is 0 Å². The number of aromatic nitrogens is 1. The molecule has 5 heteroatoms.